The topological polar surface area (TPSA) is 3.24 Å². The van der Waals surface area contributed by atoms with Gasteiger partial charge in [0.05, 0.1) is 0 Å². The first kappa shape index (κ1) is 11.3. The number of hydrogen-bond acceptors (Lipinski definition) is 1. The molecule has 0 amide bonds. The zero-order valence-electron chi connectivity index (χ0n) is 9.37. The van der Waals surface area contributed by atoms with E-state index in [1.54, 1.807) is 0 Å². The van der Waals surface area contributed by atoms with E-state index in [2.05, 4.69) is 49.8 Å². The van der Waals surface area contributed by atoms with E-state index >= 15 is 0 Å². The number of nitrogens with zero attached hydrogens (tertiary/aromatic N) is 1. The molecule has 0 aromatic carbocycles. The molecule has 0 aromatic heterocycles. The maximum atomic E-state index is 4.05. The van der Waals surface area contributed by atoms with Gasteiger partial charge in [-0.2, -0.15) is 0 Å². The van der Waals surface area contributed by atoms with Crippen LogP contribution in [0, 0.1) is 5.92 Å². The predicted octanol–water partition coefficient (Wildman–Crippen LogP) is 3.02. The van der Waals surface area contributed by atoms with Crippen molar-refractivity contribution in [1.29, 1.82) is 0 Å². The largest absolute Gasteiger partial charge is 0.302 e. The summed E-state index contributed by atoms with van der Waals surface area (Å²) in [6.07, 6.45) is 11.4. The Kier molecular flexibility index (Phi) is 4.68. The van der Waals surface area contributed by atoms with Gasteiger partial charge in [0, 0.05) is 6.54 Å². The molecule has 0 aliphatic carbocycles. The van der Waals surface area contributed by atoms with Crippen molar-refractivity contribution in [2.75, 3.05) is 20.1 Å². The van der Waals surface area contributed by atoms with Gasteiger partial charge in [-0.25, -0.2) is 0 Å². The van der Waals surface area contributed by atoms with E-state index in [4.69, 9.17) is 0 Å². The summed E-state index contributed by atoms with van der Waals surface area (Å²) in [7, 11) is 2.16. The van der Waals surface area contributed by atoms with E-state index < -0.39 is 0 Å². The minimum absolute atomic E-state index is 0.537. The SMILES string of the molecule is C=C1/C=C\C(C)/C=C\CCCN(C)C1. The van der Waals surface area contributed by atoms with Crippen LogP contribution in [0.3, 0.4) is 0 Å². The summed E-state index contributed by atoms with van der Waals surface area (Å²) in [5.74, 6) is 0.537. The summed E-state index contributed by atoms with van der Waals surface area (Å²) in [4.78, 5) is 2.33. The maximum Gasteiger partial charge on any atom is 0.0224 e. The van der Waals surface area contributed by atoms with Crippen molar-refractivity contribution in [1.82, 2.24) is 4.90 Å². The smallest absolute Gasteiger partial charge is 0.0224 e. The third kappa shape index (κ3) is 4.43. The van der Waals surface area contributed by atoms with Crippen molar-refractivity contribution >= 4 is 0 Å². The van der Waals surface area contributed by atoms with E-state index in [0.29, 0.717) is 5.92 Å². The van der Waals surface area contributed by atoms with Crippen LogP contribution in [0.1, 0.15) is 19.8 Å². The number of likely N-dealkylation sites (N-methyl/N-ethyl adjacent to an activating group) is 1. The molecule has 1 nitrogen and oxygen atoms in total. The number of allylic oxidation sites excluding steroid dienone is 3. The lowest BCUT2D eigenvalue weighted by atomic mass is 10.1. The lowest BCUT2D eigenvalue weighted by Crippen LogP contribution is -2.21. The zero-order chi connectivity index (χ0) is 10.4. The molecule has 1 aliphatic heterocycles. The Bertz CT molecular complexity index is 238. The fourth-order valence-corrected chi connectivity index (χ4v) is 1.62. The molecule has 0 saturated heterocycles. The summed E-state index contributed by atoms with van der Waals surface area (Å²) < 4.78 is 0. The van der Waals surface area contributed by atoms with Gasteiger partial charge < -0.3 is 4.90 Å². The molecular formula is C13H21N. The van der Waals surface area contributed by atoms with Crippen molar-refractivity contribution in [2.45, 2.75) is 19.8 Å². The van der Waals surface area contributed by atoms with Gasteiger partial charge in [-0.05, 0) is 37.9 Å². The molecule has 0 bridgehead atoms. The van der Waals surface area contributed by atoms with Gasteiger partial charge in [-0.1, -0.05) is 37.8 Å². The predicted molar refractivity (Wildman–Crippen MR) is 63.3 cm³/mol. The molecule has 1 heteroatoms. The second-order valence-corrected chi connectivity index (χ2v) is 4.18. The average Bonchev–Trinajstić information content (AvgIpc) is 2.15. The van der Waals surface area contributed by atoms with Crippen molar-refractivity contribution in [3.63, 3.8) is 0 Å². The zero-order valence-corrected chi connectivity index (χ0v) is 9.37. The van der Waals surface area contributed by atoms with Crippen LogP contribution >= 0.6 is 0 Å². The van der Waals surface area contributed by atoms with E-state index in [1.807, 2.05) is 0 Å². The minimum atomic E-state index is 0.537. The summed E-state index contributed by atoms with van der Waals surface area (Å²) >= 11 is 0. The van der Waals surface area contributed by atoms with E-state index in [1.165, 1.54) is 18.4 Å². The Balaban J connectivity index is 2.60. The molecule has 0 aromatic rings. The van der Waals surface area contributed by atoms with Crippen LogP contribution in [0.5, 0.6) is 0 Å². The summed E-state index contributed by atoms with van der Waals surface area (Å²) in [5.41, 5.74) is 1.20. The molecule has 1 atom stereocenters. The van der Waals surface area contributed by atoms with Crippen LogP contribution in [0.2, 0.25) is 0 Å². The highest BCUT2D eigenvalue weighted by molar-refractivity contribution is 5.18. The lowest BCUT2D eigenvalue weighted by Gasteiger charge is -2.15. The molecule has 1 heterocycles. The Hall–Kier alpha value is -0.820. The van der Waals surface area contributed by atoms with Crippen LogP contribution in [-0.2, 0) is 0 Å². The first-order chi connectivity index (χ1) is 6.68. The second-order valence-electron chi connectivity index (χ2n) is 4.18. The third-order valence-electron chi connectivity index (χ3n) is 2.46. The molecule has 0 spiro atoms. The Morgan fingerprint density at radius 1 is 1.43 bits per heavy atom. The summed E-state index contributed by atoms with van der Waals surface area (Å²) in [6, 6.07) is 0. The normalized spacial score (nSPS) is 30.7. The second kappa shape index (κ2) is 5.82. The molecule has 0 fully saturated rings. The molecule has 0 radical (unpaired) electrons. The number of rotatable bonds is 0. The van der Waals surface area contributed by atoms with Gasteiger partial charge in [-0.3, -0.25) is 0 Å². The molecule has 0 N–H and O–H groups in total. The monoisotopic (exact) mass is 191 g/mol. The molecule has 0 saturated carbocycles. The molecular weight excluding hydrogens is 170 g/mol. The minimum Gasteiger partial charge on any atom is -0.302 e. The lowest BCUT2D eigenvalue weighted by molar-refractivity contribution is 0.360. The average molecular weight is 191 g/mol. The Labute approximate surface area is 87.8 Å². The number of hydrogen-bond donors (Lipinski definition) is 0. The highest BCUT2D eigenvalue weighted by atomic mass is 15.1. The standard InChI is InChI=1S/C13H21N/c1-12-7-5-4-6-10-14(3)11-13(2)9-8-12/h5,7-9,12H,2,4,6,10-11H2,1,3H3/b7-5-,9-8-. The molecule has 1 rings (SSSR count). The third-order valence-corrected chi connectivity index (χ3v) is 2.46. The first-order valence-electron chi connectivity index (χ1n) is 5.39. The summed E-state index contributed by atoms with van der Waals surface area (Å²) in [5, 5.41) is 0. The van der Waals surface area contributed by atoms with Gasteiger partial charge in [0.1, 0.15) is 0 Å². The van der Waals surface area contributed by atoms with Gasteiger partial charge in [-0.15, -0.1) is 0 Å². The van der Waals surface area contributed by atoms with Crippen LogP contribution < -0.4 is 0 Å². The van der Waals surface area contributed by atoms with Crippen LogP contribution in [0.25, 0.3) is 0 Å². The molecule has 14 heavy (non-hydrogen) atoms. The van der Waals surface area contributed by atoms with E-state index in [-0.39, 0.29) is 0 Å². The molecule has 1 aliphatic rings. The quantitative estimate of drug-likeness (QED) is 0.532. The van der Waals surface area contributed by atoms with E-state index in [9.17, 15) is 0 Å². The van der Waals surface area contributed by atoms with Crippen molar-refractivity contribution in [3.05, 3.63) is 36.5 Å². The Morgan fingerprint density at radius 3 is 3.00 bits per heavy atom. The summed E-state index contributed by atoms with van der Waals surface area (Å²) in [6.45, 7) is 8.41. The fourth-order valence-electron chi connectivity index (χ4n) is 1.62. The molecule has 78 valence electrons. The van der Waals surface area contributed by atoms with E-state index in [0.717, 1.165) is 13.1 Å². The van der Waals surface area contributed by atoms with Crippen molar-refractivity contribution in [2.24, 2.45) is 5.92 Å². The van der Waals surface area contributed by atoms with Gasteiger partial charge in [0.15, 0.2) is 0 Å². The Morgan fingerprint density at radius 2 is 2.21 bits per heavy atom. The van der Waals surface area contributed by atoms with Crippen LogP contribution in [0.15, 0.2) is 36.5 Å². The van der Waals surface area contributed by atoms with Crippen LogP contribution in [0.4, 0.5) is 0 Å². The highest BCUT2D eigenvalue weighted by Crippen LogP contribution is 2.07. The highest BCUT2D eigenvalue weighted by Gasteiger charge is 2.00. The maximum absolute atomic E-state index is 4.05. The van der Waals surface area contributed by atoms with Gasteiger partial charge >= 0.3 is 0 Å². The molecule has 1 unspecified atom stereocenters. The first-order valence-corrected chi connectivity index (χ1v) is 5.39. The van der Waals surface area contributed by atoms with Crippen LogP contribution in [-0.4, -0.2) is 25.0 Å². The van der Waals surface area contributed by atoms with Crippen molar-refractivity contribution < 1.29 is 0 Å². The van der Waals surface area contributed by atoms with Gasteiger partial charge in [0.2, 0.25) is 0 Å². The van der Waals surface area contributed by atoms with Gasteiger partial charge in [0.25, 0.3) is 0 Å². The van der Waals surface area contributed by atoms with Crippen molar-refractivity contribution in [3.8, 4) is 0 Å². The fraction of sp³-hybridized carbons (Fsp3) is 0.538.